The molecule has 7 heteroatoms. The van der Waals surface area contributed by atoms with Gasteiger partial charge in [-0.2, -0.15) is 5.26 Å². The molecule has 0 unspecified atom stereocenters. The van der Waals surface area contributed by atoms with Crippen LogP contribution in [0.2, 0.25) is 0 Å². The highest BCUT2D eigenvalue weighted by Gasteiger charge is 2.13. The van der Waals surface area contributed by atoms with Crippen molar-refractivity contribution in [3.05, 3.63) is 77.2 Å². The summed E-state index contributed by atoms with van der Waals surface area (Å²) in [6.45, 7) is 0. The van der Waals surface area contributed by atoms with Crippen LogP contribution in [0.4, 0.5) is 5.13 Å². The third-order valence-electron chi connectivity index (χ3n) is 4.45. The average Bonchev–Trinajstić information content (AvgIpc) is 3.22. The summed E-state index contributed by atoms with van der Waals surface area (Å²) in [5.74, 6) is -1.03. The normalized spacial score (nSPS) is 11.2. The number of aromatic nitrogens is 1. The fourth-order valence-corrected chi connectivity index (χ4v) is 3.64. The lowest BCUT2D eigenvalue weighted by molar-refractivity contribution is -0.112. The Bertz CT molecular complexity index is 1340. The lowest BCUT2D eigenvalue weighted by Gasteiger charge is -2.02. The van der Waals surface area contributed by atoms with E-state index in [1.807, 2.05) is 48.5 Å². The Kier molecular flexibility index (Phi) is 5.16. The third-order valence-corrected chi connectivity index (χ3v) is 5.20. The number of fused-ring (bicyclic) bond motifs is 1. The van der Waals surface area contributed by atoms with Gasteiger partial charge in [0.15, 0.2) is 16.6 Å². The Morgan fingerprint density at radius 3 is 2.60 bits per heavy atom. The number of hydrogen-bond donors (Lipinski definition) is 3. The van der Waals surface area contributed by atoms with E-state index in [2.05, 4.69) is 10.3 Å². The molecular formula is C23H15N3O3S. The molecule has 30 heavy (non-hydrogen) atoms. The zero-order valence-corrected chi connectivity index (χ0v) is 16.4. The molecule has 0 bridgehead atoms. The monoisotopic (exact) mass is 413 g/mol. The number of thiazole rings is 1. The van der Waals surface area contributed by atoms with Crippen molar-refractivity contribution in [3.8, 4) is 28.8 Å². The zero-order valence-electron chi connectivity index (χ0n) is 15.5. The van der Waals surface area contributed by atoms with E-state index in [1.165, 1.54) is 29.5 Å². The molecular weight excluding hydrogens is 398 g/mol. The Balaban J connectivity index is 1.54. The van der Waals surface area contributed by atoms with Crippen LogP contribution in [0.25, 0.3) is 28.1 Å². The maximum atomic E-state index is 12.5. The maximum absolute atomic E-state index is 12.5. The molecule has 4 aromatic rings. The van der Waals surface area contributed by atoms with Crippen LogP contribution < -0.4 is 5.32 Å². The number of amides is 1. The second-order valence-electron chi connectivity index (χ2n) is 6.47. The number of phenolic OH excluding ortho intramolecular Hbond substituents is 2. The summed E-state index contributed by atoms with van der Waals surface area (Å²) in [4.78, 5) is 16.9. The molecule has 1 heterocycles. The molecule has 0 atom stereocenters. The summed E-state index contributed by atoms with van der Waals surface area (Å²) >= 11 is 1.20. The molecule has 0 aliphatic rings. The second-order valence-corrected chi connectivity index (χ2v) is 7.33. The van der Waals surface area contributed by atoms with Gasteiger partial charge in [-0.15, -0.1) is 11.3 Å². The molecule has 4 rings (SSSR count). The van der Waals surface area contributed by atoms with Gasteiger partial charge in [0.2, 0.25) is 0 Å². The van der Waals surface area contributed by atoms with Crippen LogP contribution in [0, 0.1) is 11.3 Å². The molecule has 0 saturated heterocycles. The van der Waals surface area contributed by atoms with E-state index in [0.717, 1.165) is 16.3 Å². The lowest BCUT2D eigenvalue weighted by Crippen LogP contribution is -2.13. The Hall–Kier alpha value is -4.15. The molecule has 0 aliphatic heterocycles. The van der Waals surface area contributed by atoms with Crippen LogP contribution in [-0.2, 0) is 4.79 Å². The molecule has 3 aromatic carbocycles. The standard InChI is InChI=1S/C23H15N3O3S/c24-12-18(10-14-5-6-15-3-1-2-4-16(15)9-14)22(29)26-23-25-19(13-30-23)17-7-8-20(27)21(28)11-17/h1-11,13,27-28H,(H,25,26,29)/b18-10+. The summed E-state index contributed by atoms with van der Waals surface area (Å²) in [6, 6.07) is 19.8. The van der Waals surface area contributed by atoms with Crippen LogP contribution in [0.1, 0.15) is 5.56 Å². The van der Waals surface area contributed by atoms with E-state index < -0.39 is 5.91 Å². The van der Waals surface area contributed by atoms with Gasteiger partial charge in [-0.3, -0.25) is 10.1 Å². The first-order chi connectivity index (χ1) is 14.5. The van der Waals surface area contributed by atoms with Crippen molar-refractivity contribution in [2.75, 3.05) is 5.32 Å². The zero-order chi connectivity index (χ0) is 21.1. The largest absolute Gasteiger partial charge is 0.504 e. The smallest absolute Gasteiger partial charge is 0.268 e. The fourth-order valence-electron chi connectivity index (χ4n) is 2.92. The Labute approximate surface area is 176 Å². The van der Waals surface area contributed by atoms with Crippen molar-refractivity contribution in [2.45, 2.75) is 0 Å². The summed E-state index contributed by atoms with van der Waals surface area (Å²) in [7, 11) is 0. The molecule has 0 spiro atoms. The van der Waals surface area contributed by atoms with Crippen LogP contribution in [0.15, 0.2) is 71.6 Å². The quantitative estimate of drug-likeness (QED) is 0.250. The van der Waals surface area contributed by atoms with E-state index in [1.54, 1.807) is 11.4 Å². The predicted molar refractivity (Wildman–Crippen MR) is 117 cm³/mol. The topological polar surface area (TPSA) is 106 Å². The van der Waals surface area contributed by atoms with E-state index in [9.17, 15) is 20.3 Å². The van der Waals surface area contributed by atoms with Crippen LogP contribution in [-0.4, -0.2) is 21.1 Å². The molecule has 0 fully saturated rings. The number of nitrogens with one attached hydrogen (secondary N) is 1. The Morgan fingerprint density at radius 2 is 1.83 bits per heavy atom. The number of carbonyl (C=O) groups excluding carboxylic acids is 1. The number of nitrogens with zero attached hydrogens (tertiary/aromatic N) is 2. The van der Waals surface area contributed by atoms with Gasteiger partial charge in [0, 0.05) is 10.9 Å². The number of aromatic hydroxyl groups is 2. The maximum Gasteiger partial charge on any atom is 0.268 e. The molecule has 3 N–H and O–H groups in total. The SMILES string of the molecule is N#C/C(=C\c1ccc2ccccc2c1)C(=O)Nc1nc(-c2ccc(O)c(O)c2)cs1. The number of benzene rings is 3. The minimum Gasteiger partial charge on any atom is -0.504 e. The lowest BCUT2D eigenvalue weighted by atomic mass is 10.1. The number of hydrogen-bond acceptors (Lipinski definition) is 6. The molecule has 1 amide bonds. The first-order valence-corrected chi connectivity index (χ1v) is 9.81. The summed E-state index contributed by atoms with van der Waals surface area (Å²) < 4.78 is 0. The van der Waals surface area contributed by atoms with Crippen molar-refractivity contribution in [1.29, 1.82) is 5.26 Å². The molecule has 0 aliphatic carbocycles. The number of phenols is 2. The number of anilines is 1. The number of nitriles is 1. The van der Waals surface area contributed by atoms with Crippen LogP contribution in [0.5, 0.6) is 11.5 Å². The first-order valence-electron chi connectivity index (χ1n) is 8.93. The summed E-state index contributed by atoms with van der Waals surface area (Å²) in [5.41, 5.74) is 1.83. The fraction of sp³-hybridized carbons (Fsp3) is 0. The van der Waals surface area contributed by atoms with E-state index in [-0.39, 0.29) is 17.1 Å². The predicted octanol–water partition coefficient (Wildman–Crippen LogP) is 4.92. The minimum atomic E-state index is -0.555. The van der Waals surface area contributed by atoms with Crippen molar-refractivity contribution in [1.82, 2.24) is 4.98 Å². The number of carbonyl (C=O) groups is 1. The van der Waals surface area contributed by atoms with E-state index in [4.69, 9.17) is 0 Å². The minimum absolute atomic E-state index is 0.0377. The molecule has 0 radical (unpaired) electrons. The van der Waals surface area contributed by atoms with Crippen molar-refractivity contribution in [2.24, 2.45) is 0 Å². The van der Waals surface area contributed by atoms with Gasteiger partial charge in [0.1, 0.15) is 11.6 Å². The van der Waals surface area contributed by atoms with Gasteiger partial charge in [-0.1, -0.05) is 36.4 Å². The van der Waals surface area contributed by atoms with Crippen LogP contribution >= 0.6 is 11.3 Å². The molecule has 6 nitrogen and oxygen atoms in total. The molecule has 146 valence electrons. The summed E-state index contributed by atoms with van der Waals surface area (Å²) in [6.07, 6.45) is 1.54. The van der Waals surface area contributed by atoms with Gasteiger partial charge >= 0.3 is 0 Å². The van der Waals surface area contributed by atoms with Gasteiger partial charge < -0.3 is 10.2 Å². The molecule has 1 aromatic heterocycles. The van der Waals surface area contributed by atoms with Crippen molar-refractivity contribution >= 4 is 39.2 Å². The van der Waals surface area contributed by atoms with Gasteiger partial charge in [-0.25, -0.2) is 4.98 Å². The van der Waals surface area contributed by atoms with E-state index in [0.29, 0.717) is 16.4 Å². The van der Waals surface area contributed by atoms with Gasteiger partial charge in [0.25, 0.3) is 5.91 Å². The van der Waals surface area contributed by atoms with Crippen molar-refractivity contribution in [3.63, 3.8) is 0 Å². The van der Waals surface area contributed by atoms with E-state index >= 15 is 0 Å². The van der Waals surface area contributed by atoms with Crippen molar-refractivity contribution < 1.29 is 15.0 Å². The highest BCUT2D eigenvalue weighted by Crippen LogP contribution is 2.32. The second kappa shape index (κ2) is 8.07. The molecule has 0 saturated carbocycles. The Morgan fingerprint density at radius 1 is 1.03 bits per heavy atom. The third kappa shape index (κ3) is 3.99. The summed E-state index contributed by atoms with van der Waals surface area (Å²) in [5, 5.41) is 35.3. The van der Waals surface area contributed by atoms with Crippen LogP contribution in [0.3, 0.4) is 0 Å². The highest BCUT2D eigenvalue weighted by molar-refractivity contribution is 7.14. The van der Waals surface area contributed by atoms with Gasteiger partial charge in [-0.05, 0) is 46.7 Å². The highest BCUT2D eigenvalue weighted by atomic mass is 32.1. The first kappa shape index (κ1) is 19.2. The average molecular weight is 413 g/mol. The number of rotatable bonds is 4. The van der Waals surface area contributed by atoms with Gasteiger partial charge in [0.05, 0.1) is 5.69 Å².